The van der Waals surface area contributed by atoms with E-state index in [0.29, 0.717) is 0 Å². The fourth-order valence-electron chi connectivity index (χ4n) is 0.685. The van der Waals surface area contributed by atoms with Crippen LogP contribution in [0.3, 0.4) is 0 Å². The van der Waals surface area contributed by atoms with Crippen molar-refractivity contribution in [3.63, 3.8) is 0 Å². The first-order valence-electron chi connectivity index (χ1n) is 3.11. The SMILES string of the molecule is O=C(O)CCn1cc(O)cn1. The third-order valence-electron chi connectivity index (χ3n) is 1.17. The van der Waals surface area contributed by atoms with Crippen LogP contribution in [0, 0.1) is 0 Å². The number of carboxylic acids is 1. The summed E-state index contributed by atoms with van der Waals surface area (Å²) in [6.07, 6.45) is 2.66. The molecule has 0 saturated heterocycles. The van der Waals surface area contributed by atoms with Crippen molar-refractivity contribution in [2.24, 2.45) is 0 Å². The van der Waals surface area contributed by atoms with Gasteiger partial charge in [0.2, 0.25) is 0 Å². The highest BCUT2D eigenvalue weighted by Gasteiger charge is 1.99. The molecule has 0 aliphatic carbocycles. The smallest absolute Gasteiger partial charge is 0.305 e. The molecule has 0 atom stereocenters. The van der Waals surface area contributed by atoms with Gasteiger partial charge in [-0.1, -0.05) is 0 Å². The van der Waals surface area contributed by atoms with Gasteiger partial charge in [0, 0.05) is 0 Å². The summed E-state index contributed by atoms with van der Waals surface area (Å²) in [7, 11) is 0. The standard InChI is InChI=1S/C6H8N2O3/c9-5-3-7-8(4-5)2-1-6(10)11/h3-4,9H,1-2H2,(H,10,11). The molecule has 0 fully saturated rings. The maximum Gasteiger partial charge on any atom is 0.305 e. The third-order valence-corrected chi connectivity index (χ3v) is 1.17. The van der Waals surface area contributed by atoms with Crippen molar-refractivity contribution in [2.75, 3.05) is 0 Å². The summed E-state index contributed by atoms with van der Waals surface area (Å²) in [4.78, 5) is 10.1. The van der Waals surface area contributed by atoms with Crippen LogP contribution in [0.1, 0.15) is 6.42 Å². The van der Waals surface area contributed by atoms with Crippen LogP contribution in [0.4, 0.5) is 0 Å². The van der Waals surface area contributed by atoms with Crippen LogP contribution in [0.25, 0.3) is 0 Å². The van der Waals surface area contributed by atoms with Crippen molar-refractivity contribution in [3.8, 4) is 5.75 Å². The van der Waals surface area contributed by atoms with Gasteiger partial charge in [-0.3, -0.25) is 9.48 Å². The molecule has 0 spiro atoms. The second-order valence-electron chi connectivity index (χ2n) is 2.11. The summed E-state index contributed by atoms with van der Waals surface area (Å²) in [6, 6.07) is 0. The summed E-state index contributed by atoms with van der Waals surface area (Å²) >= 11 is 0. The van der Waals surface area contributed by atoms with E-state index in [1.807, 2.05) is 0 Å². The molecule has 0 aromatic carbocycles. The molecule has 0 bridgehead atoms. The number of carbonyl (C=O) groups is 1. The Morgan fingerprint density at radius 2 is 2.45 bits per heavy atom. The monoisotopic (exact) mass is 156 g/mol. The predicted molar refractivity (Wildman–Crippen MR) is 36.1 cm³/mol. The molecule has 1 heterocycles. The first-order chi connectivity index (χ1) is 5.18. The minimum Gasteiger partial charge on any atom is -0.505 e. The molecule has 0 radical (unpaired) electrons. The van der Waals surface area contributed by atoms with E-state index in [2.05, 4.69) is 5.10 Å². The average Bonchev–Trinajstić information content (AvgIpc) is 2.31. The van der Waals surface area contributed by atoms with Crippen molar-refractivity contribution >= 4 is 5.97 Å². The Morgan fingerprint density at radius 3 is 2.91 bits per heavy atom. The van der Waals surface area contributed by atoms with Gasteiger partial charge in [0.1, 0.15) is 0 Å². The van der Waals surface area contributed by atoms with Crippen LogP contribution < -0.4 is 0 Å². The number of rotatable bonds is 3. The van der Waals surface area contributed by atoms with Crippen molar-refractivity contribution in [1.29, 1.82) is 0 Å². The van der Waals surface area contributed by atoms with E-state index in [1.165, 1.54) is 17.1 Å². The van der Waals surface area contributed by atoms with E-state index in [4.69, 9.17) is 10.2 Å². The Labute approximate surface area is 62.9 Å². The highest BCUT2D eigenvalue weighted by Crippen LogP contribution is 2.04. The summed E-state index contributed by atoms with van der Waals surface area (Å²) in [6.45, 7) is 0.288. The molecule has 5 heteroatoms. The van der Waals surface area contributed by atoms with Crippen molar-refractivity contribution < 1.29 is 15.0 Å². The Balaban J connectivity index is 2.45. The number of hydrogen-bond donors (Lipinski definition) is 2. The number of aryl methyl sites for hydroxylation is 1. The molecule has 1 rings (SSSR count). The van der Waals surface area contributed by atoms with Gasteiger partial charge in [0.05, 0.1) is 25.4 Å². The molecule has 0 amide bonds. The number of aliphatic carboxylic acids is 1. The van der Waals surface area contributed by atoms with Crippen molar-refractivity contribution in [1.82, 2.24) is 9.78 Å². The van der Waals surface area contributed by atoms with Gasteiger partial charge >= 0.3 is 5.97 Å². The number of nitrogens with zero attached hydrogens (tertiary/aromatic N) is 2. The summed E-state index contributed by atoms with van der Waals surface area (Å²) in [5.74, 6) is -0.824. The van der Waals surface area contributed by atoms with E-state index in [-0.39, 0.29) is 18.7 Å². The van der Waals surface area contributed by atoms with Gasteiger partial charge in [-0.2, -0.15) is 5.10 Å². The van der Waals surface area contributed by atoms with Crippen LogP contribution in [-0.4, -0.2) is 26.0 Å². The molecular formula is C6H8N2O3. The first kappa shape index (κ1) is 7.59. The third kappa shape index (κ3) is 2.29. The maximum atomic E-state index is 10.1. The molecular weight excluding hydrogens is 148 g/mol. The van der Waals surface area contributed by atoms with E-state index < -0.39 is 5.97 Å². The lowest BCUT2D eigenvalue weighted by atomic mass is 10.4. The fraction of sp³-hybridized carbons (Fsp3) is 0.333. The second-order valence-corrected chi connectivity index (χ2v) is 2.11. The Morgan fingerprint density at radius 1 is 1.73 bits per heavy atom. The van der Waals surface area contributed by atoms with E-state index in [0.717, 1.165) is 0 Å². The number of hydrogen-bond acceptors (Lipinski definition) is 3. The zero-order chi connectivity index (χ0) is 8.27. The summed E-state index contributed by atoms with van der Waals surface area (Å²) in [5.41, 5.74) is 0. The molecule has 5 nitrogen and oxygen atoms in total. The second kappa shape index (κ2) is 3.05. The molecule has 60 valence electrons. The Bertz CT molecular complexity index is 256. The number of carboxylic acid groups (broad SMARTS) is 1. The Hall–Kier alpha value is -1.52. The van der Waals surface area contributed by atoms with Crippen molar-refractivity contribution in [2.45, 2.75) is 13.0 Å². The van der Waals surface area contributed by atoms with Crippen LogP contribution in [0.5, 0.6) is 5.75 Å². The minimum atomic E-state index is -0.875. The fourth-order valence-corrected chi connectivity index (χ4v) is 0.685. The largest absolute Gasteiger partial charge is 0.505 e. The van der Waals surface area contributed by atoms with Gasteiger partial charge in [-0.05, 0) is 0 Å². The highest BCUT2D eigenvalue weighted by atomic mass is 16.4. The van der Waals surface area contributed by atoms with Crippen LogP contribution >= 0.6 is 0 Å². The Kier molecular flexibility index (Phi) is 2.10. The molecule has 0 aliphatic rings. The lowest BCUT2D eigenvalue weighted by Gasteiger charge is -1.94. The lowest BCUT2D eigenvalue weighted by Crippen LogP contribution is -2.04. The zero-order valence-corrected chi connectivity index (χ0v) is 5.77. The molecule has 0 aliphatic heterocycles. The van der Waals surface area contributed by atoms with Gasteiger partial charge in [0.25, 0.3) is 0 Å². The topological polar surface area (TPSA) is 75.3 Å². The van der Waals surface area contributed by atoms with Gasteiger partial charge < -0.3 is 10.2 Å². The van der Waals surface area contributed by atoms with E-state index in [9.17, 15) is 4.79 Å². The van der Waals surface area contributed by atoms with Crippen LogP contribution in [0.15, 0.2) is 12.4 Å². The first-order valence-corrected chi connectivity index (χ1v) is 3.11. The predicted octanol–water partition coefficient (Wildman–Crippen LogP) is 0.0634. The normalized spacial score (nSPS) is 9.82. The molecule has 0 saturated carbocycles. The zero-order valence-electron chi connectivity index (χ0n) is 5.77. The quantitative estimate of drug-likeness (QED) is 0.649. The molecule has 1 aromatic rings. The van der Waals surface area contributed by atoms with Crippen LogP contribution in [0.2, 0.25) is 0 Å². The van der Waals surface area contributed by atoms with Crippen molar-refractivity contribution in [3.05, 3.63) is 12.4 Å². The van der Waals surface area contributed by atoms with Gasteiger partial charge in [-0.15, -0.1) is 0 Å². The molecule has 1 aromatic heterocycles. The summed E-state index contributed by atoms with van der Waals surface area (Å²) < 4.78 is 1.38. The van der Waals surface area contributed by atoms with Gasteiger partial charge in [-0.25, -0.2) is 0 Å². The number of aromatic nitrogens is 2. The maximum absolute atomic E-state index is 10.1. The molecule has 11 heavy (non-hydrogen) atoms. The molecule has 0 unspecified atom stereocenters. The van der Waals surface area contributed by atoms with Gasteiger partial charge in [0.15, 0.2) is 5.75 Å². The highest BCUT2D eigenvalue weighted by molar-refractivity contribution is 5.66. The molecule has 2 N–H and O–H groups in total. The average molecular weight is 156 g/mol. The minimum absolute atomic E-state index is 0.0150. The van der Waals surface area contributed by atoms with E-state index >= 15 is 0 Å². The number of aromatic hydroxyl groups is 1. The lowest BCUT2D eigenvalue weighted by molar-refractivity contribution is -0.137. The van der Waals surface area contributed by atoms with Crippen LogP contribution in [-0.2, 0) is 11.3 Å². The van der Waals surface area contributed by atoms with E-state index in [1.54, 1.807) is 0 Å². The summed E-state index contributed by atoms with van der Waals surface area (Å²) in [5, 5.41) is 20.8.